The minimum atomic E-state index is 0. The van der Waals surface area contributed by atoms with E-state index < -0.39 is 0 Å². The lowest BCUT2D eigenvalue weighted by Crippen LogP contribution is -3.00. The normalized spacial score (nSPS) is 12.6. The molecule has 0 spiro atoms. The number of quaternary nitrogens is 1. The molecule has 0 rings (SSSR count). The molecule has 610 valence electrons. The summed E-state index contributed by atoms with van der Waals surface area (Å²) in [5, 5.41) is 0. The molecular weight excluding hydrogens is 1280 g/mol. The highest BCUT2D eigenvalue weighted by Gasteiger charge is 2.50. The van der Waals surface area contributed by atoms with Gasteiger partial charge in [-0.15, -0.1) is 0 Å². The minimum absolute atomic E-state index is 0. The van der Waals surface area contributed by atoms with Crippen LogP contribution in [0.25, 0.3) is 0 Å². The van der Waals surface area contributed by atoms with Gasteiger partial charge in [0.15, 0.2) is 0 Å². The fourth-order valence-corrected chi connectivity index (χ4v) is 18.4. The van der Waals surface area contributed by atoms with Crippen LogP contribution in [0.1, 0.15) is 613 Å². The molecule has 101 heavy (non-hydrogen) atoms. The van der Waals surface area contributed by atoms with Gasteiger partial charge in [-0.25, -0.2) is 0 Å². The first-order valence-corrected chi connectivity index (χ1v) is 49.4. The number of unbranched alkanes of at least 4 members (excludes halogenated alkanes) is 78. The lowest BCUT2D eigenvalue weighted by atomic mass is 9.75. The summed E-state index contributed by atoms with van der Waals surface area (Å²) in [4.78, 5) is 0. The maximum Gasteiger partial charge on any atom is 0.0992 e. The Hall–Kier alpha value is 0.440. The number of rotatable bonds is 92. The fraction of sp³-hybridized carbons (Fsp3) is 1.00. The molecule has 0 amide bonds. The first-order valence-electron chi connectivity index (χ1n) is 49.4. The van der Waals surface area contributed by atoms with E-state index in [9.17, 15) is 0 Å². The van der Waals surface area contributed by atoms with Crippen LogP contribution in [-0.4, -0.2) is 29.7 Å². The van der Waals surface area contributed by atoms with E-state index in [1.807, 2.05) is 0 Å². The molecule has 0 saturated carbocycles. The van der Waals surface area contributed by atoms with Crippen molar-refractivity contribution in [1.29, 1.82) is 0 Å². The van der Waals surface area contributed by atoms with Crippen molar-refractivity contribution in [2.75, 3.05) is 13.6 Å². The maximum absolute atomic E-state index is 3.03. The van der Waals surface area contributed by atoms with E-state index in [2.05, 4.69) is 48.6 Å². The van der Waals surface area contributed by atoms with Gasteiger partial charge in [-0.05, 0) is 57.8 Å². The van der Waals surface area contributed by atoms with Crippen molar-refractivity contribution in [3.63, 3.8) is 0 Å². The highest BCUT2D eigenvalue weighted by molar-refractivity contribution is 4.86. The summed E-state index contributed by atoms with van der Waals surface area (Å²) in [5.41, 5.74) is 0.443. The average Bonchev–Trinajstić information content (AvgIpc) is 0.763. The van der Waals surface area contributed by atoms with E-state index in [0.717, 1.165) is 6.04 Å². The third-order valence-corrected chi connectivity index (χ3v) is 25.6. The summed E-state index contributed by atoms with van der Waals surface area (Å²) < 4.78 is 1.47. The Morgan fingerprint density at radius 3 is 0.426 bits per heavy atom. The van der Waals surface area contributed by atoms with Crippen molar-refractivity contribution in [3.8, 4) is 0 Å². The van der Waals surface area contributed by atoms with Gasteiger partial charge in [0.05, 0.1) is 25.2 Å². The van der Waals surface area contributed by atoms with E-state index in [0.29, 0.717) is 5.54 Å². The van der Waals surface area contributed by atoms with Gasteiger partial charge in [-0.3, -0.25) is 0 Å². The van der Waals surface area contributed by atoms with Crippen molar-refractivity contribution >= 4 is 0 Å². The van der Waals surface area contributed by atoms with Gasteiger partial charge >= 0.3 is 0 Å². The van der Waals surface area contributed by atoms with Gasteiger partial charge < -0.3 is 21.5 Å². The molecule has 0 fully saturated rings. The smallest absolute Gasteiger partial charge is 0.0992 e. The number of hydrogen-bond acceptors (Lipinski definition) is 0. The molecule has 0 bridgehead atoms. The average molecular weight is 1490 g/mol. The zero-order chi connectivity index (χ0) is 72.2. The summed E-state index contributed by atoms with van der Waals surface area (Å²) >= 11 is 0. The first kappa shape index (κ1) is 103. The second kappa shape index (κ2) is 89.3. The molecule has 2 heteroatoms. The van der Waals surface area contributed by atoms with Crippen molar-refractivity contribution < 1.29 is 21.5 Å². The molecule has 0 aromatic heterocycles. The number of halogens is 1. The molecule has 0 aromatic rings. The summed E-state index contributed by atoms with van der Waals surface area (Å²) in [6.45, 7) is 15.6. The molecule has 1 atom stereocenters. The lowest BCUT2D eigenvalue weighted by Gasteiger charge is -2.57. The van der Waals surface area contributed by atoms with Gasteiger partial charge in [0.1, 0.15) is 0 Å². The van der Waals surface area contributed by atoms with Crippen molar-refractivity contribution in [1.82, 2.24) is 0 Å². The highest BCUT2D eigenvalue weighted by atomic mass is 79.9. The molecular formula is C99H202BrN. The first-order chi connectivity index (χ1) is 49.5. The van der Waals surface area contributed by atoms with Crippen LogP contribution in [0.3, 0.4) is 0 Å². The van der Waals surface area contributed by atoms with Crippen LogP contribution < -0.4 is 17.0 Å². The Morgan fingerprint density at radius 1 is 0.158 bits per heavy atom. The number of nitrogens with zero attached hydrogens (tertiary/aromatic N) is 1. The Kier molecular flexibility index (Phi) is 91.5. The third kappa shape index (κ3) is 73.0. The maximum atomic E-state index is 3.03. The summed E-state index contributed by atoms with van der Waals surface area (Å²) in [5.74, 6) is 0. The van der Waals surface area contributed by atoms with E-state index >= 15 is 0 Å². The largest absolute Gasteiger partial charge is 1.00 e. The Morgan fingerprint density at radius 2 is 0.277 bits per heavy atom. The Balaban J connectivity index is 0. The van der Waals surface area contributed by atoms with Crippen LogP contribution in [0.4, 0.5) is 0 Å². The quantitative estimate of drug-likeness (QED) is 0.0421. The Bertz CT molecular complexity index is 1310. The number of hydrogen-bond donors (Lipinski definition) is 0. The van der Waals surface area contributed by atoms with Gasteiger partial charge in [0, 0.05) is 19.3 Å². The molecule has 0 aliphatic carbocycles. The zero-order valence-corrected chi connectivity index (χ0v) is 74.1. The third-order valence-electron chi connectivity index (χ3n) is 25.6. The van der Waals surface area contributed by atoms with E-state index in [1.165, 1.54) is 582 Å². The molecule has 1 unspecified atom stereocenters. The van der Waals surface area contributed by atoms with Crippen LogP contribution >= 0.6 is 0 Å². The predicted octanol–water partition coefficient (Wildman–Crippen LogP) is 34.4. The second-order valence-electron chi connectivity index (χ2n) is 35.3. The van der Waals surface area contributed by atoms with Crippen molar-refractivity contribution in [3.05, 3.63) is 0 Å². The summed E-state index contributed by atoms with van der Waals surface area (Å²) in [7, 11) is 3.03. The van der Waals surface area contributed by atoms with Crippen molar-refractivity contribution in [2.45, 2.75) is 625 Å². The summed E-state index contributed by atoms with van der Waals surface area (Å²) in [6.07, 6.45) is 132. The molecule has 0 aliphatic rings. The molecule has 0 aromatic carbocycles. The van der Waals surface area contributed by atoms with E-state index in [-0.39, 0.29) is 17.0 Å². The fourth-order valence-electron chi connectivity index (χ4n) is 18.4. The van der Waals surface area contributed by atoms with Gasteiger partial charge in [0.25, 0.3) is 0 Å². The topological polar surface area (TPSA) is 0 Å². The molecule has 0 radical (unpaired) electrons. The SMILES string of the molecule is CCCCCCCCCCCCCCCCC(CCCCCCCCCCCCCCCC)[N+](C)(CCCCCCCCCCCCCCCC)C(CCCCCCCCCCCCCCCC)(CCCCCCCCCCCCCCCC)CCCCCCCCCCCCCCCC.[Br-]. The van der Waals surface area contributed by atoms with Gasteiger partial charge in [-0.1, -0.05) is 536 Å². The minimum Gasteiger partial charge on any atom is -1.00 e. The van der Waals surface area contributed by atoms with Crippen molar-refractivity contribution in [2.24, 2.45) is 0 Å². The van der Waals surface area contributed by atoms with E-state index in [4.69, 9.17) is 0 Å². The Labute approximate surface area is 655 Å². The van der Waals surface area contributed by atoms with Gasteiger partial charge in [-0.2, -0.15) is 0 Å². The molecule has 0 N–H and O–H groups in total. The lowest BCUT2D eigenvalue weighted by molar-refractivity contribution is -0.983. The van der Waals surface area contributed by atoms with Crippen LogP contribution in [0, 0.1) is 0 Å². The van der Waals surface area contributed by atoms with Crippen LogP contribution in [0.5, 0.6) is 0 Å². The highest BCUT2D eigenvalue weighted by Crippen LogP contribution is 2.44. The zero-order valence-electron chi connectivity index (χ0n) is 72.5. The molecule has 1 nitrogen and oxygen atoms in total. The molecule has 0 heterocycles. The van der Waals surface area contributed by atoms with Gasteiger partial charge in [0.2, 0.25) is 0 Å². The molecule has 0 saturated heterocycles. The van der Waals surface area contributed by atoms with E-state index in [1.54, 1.807) is 0 Å². The van der Waals surface area contributed by atoms with Crippen LogP contribution in [0.15, 0.2) is 0 Å². The molecule has 0 aliphatic heterocycles. The second-order valence-corrected chi connectivity index (χ2v) is 35.3. The van der Waals surface area contributed by atoms with Crippen LogP contribution in [0.2, 0.25) is 0 Å². The van der Waals surface area contributed by atoms with Crippen LogP contribution in [-0.2, 0) is 0 Å². The predicted molar refractivity (Wildman–Crippen MR) is 463 cm³/mol. The standard InChI is InChI=1S/C99H202N.BrH/c1-8-14-20-26-32-38-44-50-56-62-68-74-80-86-92-98(93-87-81-75-69-63-57-51-45-39-33-27-21-15-9-2)100(7,97-91-85-79-73-67-61-55-49-43-37-31-25-19-13-6)99(94-88-82-76-70-64-58-52-46-40-34-28-22-16-10-3,95-89-83-77-71-65-59-53-47-41-35-29-23-17-11-4)96-90-84-78-72-66-60-54-48-42-36-30-24-18-12-5;/h98H,8-97H2,1-7H3;1H/q+1;/p-1. The summed E-state index contributed by atoms with van der Waals surface area (Å²) in [6, 6.07) is 0.849. The monoisotopic (exact) mass is 1480 g/mol.